The molecule has 0 aliphatic carbocycles. The lowest BCUT2D eigenvalue weighted by Crippen LogP contribution is -2.18. The van der Waals surface area contributed by atoms with Gasteiger partial charge in [0.15, 0.2) is 5.78 Å². The Kier molecular flexibility index (Phi) is 5.59. The third kappa shape index (κ3) is 3.78. The molecule has 0 fully saturated rings. The van der Waals surface area contributed by atoms with Gasteiger partial charge in [-0.25, -0.2) is 0 Å². The molecule has 2 atom stereocenters. The molecule has 0 saturated heterocycles. The first kappa shape index (κ1) is 14.6. The maximum atomic E-state index is 11.3. The number of hydrogen-bond donors (Lipinski definition) is 2. The summed E-state index contributed by atoms with van der Waals surface area (Å²) in [5.41, 5.74) is 0.849. The minimum absolute atomic E-state index is 0.168. The fraction of sp³-hybridized carbons (Fsp3) is 0.417. The number of rotatable bonds is 5. The Bertz CT molecular complexity index is 409. The standard InChI is InChI=1S/C12H14BrClO3/c1-7(15)9-6-8(2-3-10(9)14)12(17)11(16)4-5-13/h2-3,6,11-12,16-17H,4-5H2,1H3. The Morgan fingerprint density at radius 2 is 2.12 bits per heavy atom. The lowest BCUT2D eigenvalue weighted by molar-refractivity contribution is 0.0173. The van der Waals surface area contributed by atoms with Gasteiger partial charge in [-0.05, 0) is 31.0 Å². The third-order valence-corrected chi connectivity index (χ3v) is 3.27. The van der Waals surface area contributed by atoms with Crippen molar-refractivity contribution in [2.24, 2.45) is 0 Å². The van der Waals surface area contributed by atoms with Gasteiger partial charge in [0.25, 0.3) is 0 Å². The molecule has 5 heteroatoms. The summed E-state index contributed by atoms with van der Waals surface area (Å²) in [4.78, 5) is 11.3. The lowest BCUT2D eigenvalue weighted by Gasteiger charge is -2.18. The molecule has 1 aromatic rings. The first-order valence-corrected chi connectivity index (χ1v) is 6.69. The molecule has 2 N–H and O–H groups in total. The highest BCUT2D eigenvalue weighted by Gasteiger charge is 2.19. The van der Waals surface area contributed by atoms with E-state index in [0.29, 0.717) is 27.9 Å². The topological polar surface area (TPSA) is 57.5 Å². The van der Waals surface area contributed by atoms with Crippen molar-refractivity contribution in [3.8, 4) is 0 Å². The molecule has 1 aromatic carbocycles. The number of aliphatic hydroxyl groups is 2. The van der Waals surface area contributed by atoms with Crippen LogP contribution in [-0.2, 0) is 0 Å². The van der Waals surface area contributed by atoms with E-state index in [9.17, 15) is 15.0 Å². The second kappa shape index (κ2) is 6.50. The number of alkyl halides is 1. The van der Waals surface area contributed by atoms with Gasteiger partial charge in [-0.15, -0.1) is 0 Å². The van der Waals surface area contributed by atoms with Crippen LogP contribution in [0.2, 0.25) is 5.02 Å². The number of carbonyl (C=O) groups excluding carboxylic acids is 1. The van der Waals surface area contributed by atoms with Crippen molar-refractivity contribution in [3.05, 3.63) is 34.3 Å². The van der Waals surface area contributed by atoms with Crippen molar-refractivity contribution < 1.29 is 15.0 Å². The number of carbonyl (C=O) groups is 1. The number of benzene rings is 1. The van der Waals surface area contributed by atoms with E-state index < -0.39 is 12.2 Å². The average molecular weight is 322 g/mol. The fourth-order valence-corrected chi connectivity index (χ4v) is 2.21. The first-order chi connectivity index (χ1) is 7.97. The number of Topliss-reactive ketones (excluding diaryl/α,β-unsaturated/α-hetero) is 1. The van der Waals surface area contributed by atoms with Crippen molar-refractivity contribution in [3.63, 3.8) is 0 Å². The molecule has 0 aromatic heterocycles. The molecule has 0 saturated carbocycles. The lowest BCUT2D eigenvalue weighted by atomic mass is 9.99. The predicted molar refractivity (Wildman–Crippen MR) is 70.8 cm³/mol. The quantitative estimate of drug-likeness (QED) is 0.647. The summed E-state index contributed by atoms with van der Waals surface area (Å²) < 4.78 is 0. The Labute approximate surface area is 114 Å². The zero-order valence-corrected chi connectivity index (χ0v) is 11.7. The van der Waals surface area contributed by atoms with E-state index in [1.807, 2.05) is 0 Å². The number of ketones is 1. The number of aliphatic hydroxyl groups excluding tert-OH is 2. The van der Waals surface area contributed by atoms with E-state index in [2.05, 4.69) is 15.9 Å². The molecule has 94 valence electrons. The minimum Gasteiger partial charge on any atom is -0.390 e. The summed E-state index contributed by atoms with van der Waals surface area (Å²) >= 11 is 9.06. The zero-order chi connectivity index (χ0) is 13.0. The Balaban J connectivity index is 2.99. The summed E-state index contributed by atoms with van der Waals surface area (Å²) in [5.74, 6) is -0.168. The molecule has 0 heterocycles. The molecule has 3 nitrogen and oxygen atoms in total. The van der Waals surface area contributed by atoms with Crippen molar-refractivity contribution in [2.45, 2.75) is 25.6 Å². The van der Waals surface area contributed by atoms with Crippen molar-refractivity contribution >= 4 is 33.3 Å². The van der Waals surface area contributed by atoms with Gasteiger partial charge < -0.3 is 10.2 Å². The van der Waals surface area contributed by atoms with E-state index in [4.69, 9.17) is 11.6 Å². The van der Waals surface area contributed by atoms with Crippen molar-refractivity contribution in [2.75, 3.05) is 5.33 Å². The summed E-state index contributed by atoms with van der Waals surface area (Å²) in [5, 5.41) is 20.5. The zero-order valence-electron chi connectivity index (χ0n) is 9.36. The maximum absolute atomic E-state index is 11.3. The van der Waals surface area contributed by atoms with Crippen molar-refractivity contribution in [1.29, 1.82) is 0 Å². The summed E-state index contributed by atoms with van der Waals surface area (Å²) in [6, 6.07) is 4.68. The van der Waals surface area contributed by atoms with Crippen LogP contribution < -0.4 is 0 Å². The molecule has 0 amide bonds. The largest absolute Gasteiger partial charge is 0.390 e. The first-order valence-electron chi connectivity index (χ1n) is 5.20. The normalized spacial score (nSPS) is 14.4. The van der Waals surface area contributed by atoms with E-state index in [-0.39, 0.29) is 5.78 Å². The van der Waals surface area contributed by atoms with Gasteiger partial charge in [0.05, 0.1) is 11.1 Å². The fourth-order valence-electron chi connectivity index (χ4n) is 1.49. The second-order valence-corrected chi connectivity index (χ2v) is 4.99. The molecule has 1 rings (SSSR count). The molecule has 0 aliphatic rings. The summed E-state index contributed by atoms with van der Waals surface area (Å²) in [6.45, 7) is 1.41. The number of hydrogen-bond acceptors (Lipinski definition) is 3. The summed E-state index contributed by atoms with van der Waals surface area (Å²) in [7, 11) is 0. The Morgan fingerprint density at radius 1 is 1.47 bits per heavy atom. The Hall–Kier alpha value is -0.420. The average Bonchev–Trinajstić information content (AvgIpc) is 2.28. The highest BCUT2D eigenvalue weighted by Crippen LogP contribution is 2.25. The second-order valence-electron chi connectivity index (χ2n) is 3.79. The van der Waals surface area contributed by atoms with E-state index in [1.54, 1.807) is 12.1 Å². The van der Waals surface area contributed by atoms with Crippen molar-refractivity contribution in [1.82, 2.24) is 0 Å². The van der Waals surface area contributed by atoms with E-state index >= 15 is 0 Å². The smallest absolute Gasteiger partial charge is 0.161 e. The van der Waals surface area contributed by atoms with Gasteiger partial charge in [0.2, 0.25) is 0 Å². The monoisotopic (exact) mass is 320 g/mol. The molecule has 0 spiro atoms. The van der Waals surface area contributed by atoms with Crippen LogP contribution in [0.25, 0.3) is 0 Å². The maximum Gasteiger partial charge on any atom is 0.161 e. The molecule has 0 radical (unpaired) electrons. The predicted octanol–water partition coefficient (Wildman–Crippen LogP) is 2.72. The van der Waals surface area contributed by atoms with E-state index in [0.717, 1.165) is 0 Å². The molecule has 0 bridgehead atoms. The van der Waals surface area contributed by atoms with Crippen LogP contribution in [0.5, 0.6) is 0 Å². The Morgan fingerprint density at radius 3 is 2.65 bits per heavy atom. The van der Waals surface area contributed by atoms with Gasteiger partial charge in [0.1, 0.15) is 6.10 Å². The highest BCUT2D eigenvalue weighted by atomic mass is 79.9. The minimum atomic E-state index is -1.01. The van der Waals surface area contributed by atoms with Gasteiger partial charge in [0, 0.05) is 10.9 Å². The third-order valence-electron chi connectivity index (χ3n) is 2.48. The van der Waals surface area contributed by atoms with Gasteiger partial charge >= 0.3 is 0 Å². The van der Waals surface area contributed by atoms with Gasteiger partial charge in [-0.3, -0.25) is 4.79 Å². The molecular weight excluding hydrogens is 307 g/mol. The van der Waals surface area contributed by atoms with Crippen LogP contribution >= 0.6 is 27.5 Å². The summed E-state index contributed by atoms with van der Waals surface area (Å²) in [6.07, 6.45) is -1.45. The molecule has 2 unspecified atom stereocenters. The number of halogens is 2. The molecule has 17 heavy (non-hydrogen) atoms. The van der Waals surface area contributed by atoms with E-state index in [1.165, 1.54) is 13.0 Å². The van der Waals surface area contributed by atoms with Crippen LogP contribution in [0.1, 0.15) is 35.4 Å². The van der Waals surface area contributed by atoms with Crippen LogP contribution in [0.3, 0.4) is 0 Å². The highest BCUT2D eigenvalue weighted by molar-refractivity contribution is 9.09. The van der Waals surface area contributed by atoms with Crippen LogP contribution in [0, 0.1) is 0 Å². The van der Waals surface area contributed by atoms with Crippen LogP contribution in [0.4, 0.5) is 0 Å². The van der Waals surface area contributed by atoms with Crippen LogP contribution in [-0.4, -0.2) is 27.4 Å². The van der Waals surface area contributed by atoms with Gasteiger partial charge in [-0.2, -0.15) is 0 Å². The molecular formula is C12H14BrClO3. The molecule has 0 aliphatic heterocycles. The SMILES string of the molecule is CC(=O)c1cc(C(O)C(O)CCBr)ccc1Cl. The van der Waals surface area contributed by atoms with Crippen LogP contribution in [0.15, 0.2) is 18.2 Å². The van der Waals surface area contributed by atoms with Gasteiger partial charge in [-0.1, -0.05) is 33.6 Å².